The fourth-order valence-electron chi connectivity index (χ4n) is 5.55. The maximum absolute atomic E-state index is 12.9. The maximum Gasteiger partial charge on any atom is 0.326 e. The molecule has 0 spiro atoms. The van der Waals surface area contributed by atoms with E-state index in [0.29, 0.717) is 83.7 Å². The molecule has 14 nitrogen and oxygen atoms in total. The molecule has 2 atom stereocenters. The maximum atomic E-state index is 12.9. The van der Waals surface area contributed by atoms with Crippen LogP contribution in [0.25, 0.3) is 0 Å². The number of nitrogens with one attached hydrogen (secondary N) is 2. The lowest BCUT2D eigenvalue weighted by Gasteiger charge is -2.28. The molecule has 5 N–H and O–H groups in total. The van der Waals surface area contributed by atoms with E-state index in [9.17, 15) is 38.7 Å². The Hall–Kier alpha value is -3.39. The molecule has 14 heteroatoms. The van der Waals surface area contributed by atoms with Crippen molar-refractivity contribution in [2.75, 3.05) is 33.0 Å². The predicted molar refractivity (Wildman–Crippen MR) is 170 cm³/mol. The highest BCUT2D eigenvalue weighted by atomic mass is 16.5. The van der Waals surface area contributed by atoms with Gasteiger partial charge in [0.25, 0.3) is 0 Å². The molecule has 0 bridgehead atoms. The molecular weight excluding hydrogens is 616 g/mol. The Morgan fingerprint density at radius 1 is 0.723 bits per heavy atom. The summed E-state index contributed by atoms with van der Waals surface area (Å²) in [5.74, 6) is -5.32. The summed E-state index contributed by atoms with van der Waals surface area (Å²) in [7, 11) is 0. The molecule has 47 heavy (non-hydrogen) atoms. The Bertz CT molecular complexity index is 1010. The molecule has 1 fully saturated rings. The molecule has 1 rings (SSSR count). The van der Waals surface area contributed by atoms with Crippen LogP contribution in [0.5, 0.6) is 0 Å². The van der Waals surface area contributed by atoms with Crippen molar-refractivity contribution in [2.45, 2.75) is 116 Å². The number of hydrogen-bond donors (Lipinski definition) is 5. The Kier molecular flexibility index (Phi) is 21.9. The molecule has 0 aromatic rings. The van der Waals surface area contributed by atoms with Crippen molar-refractivity contribution in [3.8, 4) is 0 Å². The molecule has 0 saturated heterocycles. The Labute approximate surface area is 276 Å². The van der Waals surface area contributed by atoms with Gasteiger partial charge in [0.15, 0.2) is 0 Å². The molecular formula is C33H54N2O12. The van der Waals surface area contributed by atoms with Gasteiger partial charge in [0, 0.05) is 70.1 Å². The fraction of sp³-hybridized carbons (Fsp3) is 0.788. The number of hydrogen-bond acceptors (Lipinski definition) is 9. The molecule has 0 aromatic carbocycles. The van der Waals surface area contributed by atoms with E-state index >= 15 is 0 Å². The highest BCUT2D eigenvalue weighted by molar-refractivity contribution is 5.88. The van der Waals surface area contributed by atoms with Crippen molar-refractivity contribution in [1.29, 1.82) is 0 Å². The smallest absolute Gasteiger partial charge is 0.326 e. The molecule has 1 aliphatic carbocycles. The summed E-state index contributed by atoms with van der Waals surface area (Å²) >= 11 is 0. The minimum Gasteiger partial charge on any atom is -0.481 e. The predicted octanol–water partition coefficient (Wildman–Crippen LogP) is 3.14. The second-order valence-electron chi connectivity index (χ2n) is 12.2. The highest BCUT2D eigenvalue weighted by Gasteiger charge is 2.30. The first-order valence-electron chi connectivity index (χ1n) is 16.9. The fourth-order valence-corrected chi connectivity index (χ4v) is 5.55. The van der Waals surface area contributed by atoms with Crippen molar-refractivity contribution in [3.05, 3.63) is 0 Å². The number of carbonyl (C=O) groups excluding carboxylic acids is 4. The lowest BCUT2D eigenvalue weighted by molar-refractivity contribution is -0.143. The first-order chi connectivity index (χ1) is 22.4. The summed E-state index contributed by atoms with van der Waals surface area (Å²) in [6.45, 7) is 4.06. The largest absolute Gasteiger partial charge is 0.481 e. The van der Waals surface area contributed by atoms with Crippen LogP contribution >= 0.6 is 0 Å². The average molecular weight is 671 g/mol. The topological polar surface area (TPSA) is 223 Å². The highest BCUT2D eigenvalue weighted by Crippen LogP contribution is 2.32. The minimum atomic E-state index is -1.28. The Morgan fingerprint density at radius 2 is 1.38 bits per heavy atom. The minimum absolute atomic E-state index is 0.0412. The van der Waals surface area contributed by atoms with E-state index in [1.165, 1.54) is 0 Å². The van der Waals surface area contributed by atoms with Crippen molar-refractivity contribution in [3.63, 3.8) is 0 Å². The van der Waals surface area contributed by atoms with Crippen molar-refractivity contribution < 1.29 is 58.4 Å². The third-order valence-corrected chi connectivity index (χ3v) is 8.36. The van der Waals surface area contributed by atoms with Crippen LogP contribution in [0.3, 0.4) is 0 Å². The summed E-state index contributed by atoms with van der Waals surface area (Å²) in [6.07, 6.45) is 4.79. The van der Waals surface area contributed by atoms with Gasteiger partial charge in [-0.3, -0.25) is 28.8 Å². The van der Waals surface area contributed by atoms with E-state index in [1.54, 1.807) is 0 Å². The molecule has 1 aliphatic rings. The number of carboxylic acids is 3. The van der Waals surface area contributed by atoms with Gasteiger partial charge in [-0.05, 0) is 77.0 Å². The summed E-state index contributed by atoms with van der Waals surface area (Å²) < 4.78 is 10.6. The normalized spacial score (nSPS) is 17.3. The van der Waals surface area contributed by atoms with Crippen LogP contribution in [0, 0.1) is 17.8 Å². The third-order valence-electron chi connectivity index (χ3n) is 8.36. The van der Waals surface area contributed by atoms with Crippen LogP contribution in [0.1, 0.15) is 110 Å². The van der Waals surface area contributed by atoms with Crippen molar-refractivity contribution >= 4 is 41.3 Å². The molecule has 268 valence electrons. The summed E-state index contributed by atoms with van der Waals surface area (Å²) in [6, 6.07) is -1.28. The Balaban J connectivity index is 2.46. The van der Waals surface area contributed by atoms with Crippen LogP contribution in [0.2, 0.25) is 0 Å². The van der Waals surface area contributed by atoms with Gasteiger partial charge >= 0.3 is 17.9 Å². The number of amides is 2. The van der Waals surface area contributed by atoms with Gasteiger partial charge in [0.05, 0.1) is 13.2 Å². The van der Waals surface area contributed by atoms with E-state index in [0.717, 1.165) is 12.8 Å². The molecule has 2 unspecified atom stereocenters. The zero-order valence-corrected chi connectivity index (χ0v) is 27.7. The van der Waals surface area contributed by atoms with Gasteiger partial charge in [0.1, 0.15) is 17.6 Å². The lowest BCUT2D eigenvalue weighted by Crippen LogP contribution is -2.44. The molecule has 0 aromatic heterocycles. The van der Waals surface area contributed by atoms with Gasteiger partial charge < -0.3 is 35.4 Å². The molecule has 0 aliphatic heterocycles. The zero-order valence-electron chi connectivity index (χ0n) is 27.7. The molecule has 1 saturated carbocycles. The summed E-state index contributed by atoms with van der Waals surface area (Å²) in [5, 5.41) is 32.7. The number of ketones is 2. The molecule has 0 radical (unpaired) electrons. The summed E-state index contributed by atoms with van der Waals surface area (Å²) in [5.41, 5.74) is 0. The van der Waals surface area contributed by atoms with E-state index in [1.807, 2.05) is 6.92 Å². The quantitative estimate of drug-likeness (QED) is 0.0758. The molecule has 2 amide bonds. The number of carbonyl (C=O) groups is 7. The first-order valence-corrected chi connectivity index (χ1v) is 16.9. The number of rotatable bonds is 28. The van der Waals surface area contributed by atoms with E-state index in [4.69, 9.17) is 19.7 Å². The van der Waals surface area contributed by atoms with Crippen LogP contribution in [0.15, 0.2) is 0 Å². The second-order valence-corrected chi connectivity index (χ2v) is 12.2. The number of Topliss-reactive ketones (excluding diaryl/α,β-unsaturated/α-hetero) is 2. The van der Waals surface area contributed by atoms with Gasteiger partial charge in [-0.15, -0.1) is 0 Å². The van der Waals surface area contributed by atoms with Gasteiger partial charge in [-0.1, -0.05) is 0 Å². The van der Waals surface area contributed by atoms with Crippen molar-refractivity contribution in [1.82, 2.24) is 10.6 Å². The van der Waals surface area contributed by atoms with Gasteiger partial charge in [-0.25, -0.2) is 4.79 Å². The standard InChI is InChI=1S/C33H54N2O12/c1-2-46-20-21-47-19-5-18-34-31(42)25(13-17-30(40)41)22-27(37)15-16-28(33(44)45)35-32(43)24-11-8-23(9-12-24)10-14-26(36)6-3-4-7-29(38)39/h23-25,28H,2-22H2,1H3,(H,34,42)(H,35,43)(H,38,39)(H,40,41)(H,44,45). The monoisotopic (exact) mass is 670 g/mol. The zero-order chi connectivity index (χ0) is 35.0. The van der Waals surface area contributed by atoms with Crippen LogP contribution in [-0.2, 0) is 43.0 Å². The van der Waals surface area contributed by atoms with Crippen LogP contribution in [0.4, 0.5) is 0 Å². The SMILES string of the molecule is CCOCCOCCCNC(=O)C(CCC(=O)O)CC(=O)CCC(NC(=O)C1CCC(CCC(=O)CCCCC(=O)O)CC1)C(=O)O. The van der Waals surface area contributed by atoms with Gasteiger partial charge in [-0.2, -0.15) is 0 Å². The molecule has 0 heterocycles. The number of carboxylic acid groups (broad SMARTS) is 3. The van der Waals surface area contributed by atoms with Crippen molar-refractivity contribution in [2.24, 2.45) is 17.8 Å². The summed E-state index contributed by atoms with van der Waals surface area (Å²) in [4.78, 5) is 84.0. The number of aliphatic carboxylic acids is 3. The second kappa shape index (κ2) is 24.7. The number of unbranched alkanes of at least 4 members (excludes halogenated alkanes) is 1. The lowest BCUT2D eigenvalue weighted by atomic mass is 9.79. The van der Waals surface area contributed by atoms with E-state index in [-0.39, 0.29) is 56.8 Å². The van der Waals surface area contributed by atoms with Crippen LogP contribution in [-0.4, -0.2) is 95.6 Å². The average Bonchev–Trinajstić information content (AvgIpc) is 3.03. The first kappa shape index (κ1) is 41.6. The van der Waals surface area contributed by atoms with Crippen LogP contribution < -0.4 is 10.6 Å². The van der Waals surface area contributed by atoms with E-state index < -0.39 is 47.5 Å². The third kappa shape index (κ3) is 20.5. The van der Waals surface area contributed by atoms with E-state index in [2.05, 4.69) is 10.6 Å². The Morgan fingerprint density at radius 3 is 2.02 bits per heavy atom. The van der Waals surface area contributed by atoms with Gasteiger partial charge in [0.2, 0.25) is 11.8 Å². The number of ether oxygens (including phenoxy) is 2.